The summed E-state index contributed by atoms with van der Waals surface area (Å²) in [6.45, 7) is 10.3. The summed E-state index contributed by atoms with van der Waals surface area (Å²) in [7, 11) is 0. The second-order valence-electron chi connectivity index (χ2n) is 4.55. The Morgan fingerprint density at radius 1 is 1.35 bits per heavy atom. The molecular formula is C14H22BrNO. The molecule has 0 aliphatic carbocycles. The number of halogens is 1. The molecule has 0 aliphatic heterocycles. The maximum atomic E-state index is 10.1. The molecule has 0 saturated heterocycles. The second kappa shape index (κ2) is 6.41. The minimum atomic E-state index is 0.426. The fourth-order valence-electron chi connectivity index (χ4n) is 1.98. The molecule has 0 aliphatic rings. The van der Waals surface area contributed by atoms with Crippen LogP contribution in [0.4, 0.5) is 0 Å². The van der Waals surface area contributed by atoms with Crippen molar-refractivity contribution in [1.29, 1.82) is 0 Å². The number of rotatable bonds is 5. The maximum absolute atomic E-state index is 10.1. The molecule has 0 saturated carbocycles. The van der Waals surface area contributed by atoms with E-state index in [2.05, 4.69) is 41.6 Å². The molecule has 0 fully saturated rings. The zero-order valence-electron chi connectivity index (χ0n) is 11.1. The molecule has 96 valence electrons. The molecule has 0 aromatic heterocycles. The van der Waals surface area contributed by atoms with Gasteiger partial charge in [-0.05, 0) is 44.5 Å². The molecule has 1 aromatic carbocycles. The van der Waals surface area contributed by atoms with Crippen LogP contribution in [0.15, 0.2) is 16.6 Å². The van der Waals surface area contributed by atoms with Gasteiger partial charge in [0.2, 0.25) is 0 Å². The molecule has 1 aromatic rings. The van der Waals surface area contributed by atoms with Crippen molar-refractivity contribution in [2.45, 2.75) is 46.7 Å². The van der Waals surface area contributed by atoms with Crippen LogP contribution in [0.3, 0.4) is 0 Å². The van der Waals surface area contributed by atoms with E-state index in [1.807, 2.05) is 19.1 Å². The number of hydrogen-bond donors (Lipinski definition) is 1. The summed E-state index contributed by atoms with van der Waals surface area (Å²) in [4.78, 5) is 2.38. The Balaban J connectivity index is 2.93. The van der Waals surface area contributed by atoms with Crippen molar-refractivity contribution in [3.8, 4) is 5.75 Å². The quantitative estimate of drug-likeness (QED) is 0.885. The summed E-state index contributed by atoms with van der Waals surface area (Å²) in [5.41, 5.74) is 1.92. The number of phenolic OH excluding ortho intramolecular Hbond substituents is 1. The zero-order valence-corrected chi connectivity index (χ0v) is 12.7. The van der Waals surface area contributed by atoms with E-state index < -0.39 is 0 Å². The Labute approximate surface area is 113 Å². The van der Waals surface area contributed by atoms with Crippen molar-refractivity contribution in [2.75, 3.05) is 6.54 Å². The van der Waals surface area contributed by atoms with Crippen molar-refractivity contribution in [3.63, 3.8) is 0 Å². The first-order valence-electron chi connectivity index (χ1n) is 6.21. The second-order valence-corrected chi connectivity index (χ2v) is 5.47. The van der Waals surface area contributed by atoms with Crippen LogP contribution >= 0.6 is 15.9 Å². The molecule has 0 radical (unpaired) electrons. The molecule has 0 bridgehead atoms. The van der Waals surface area contributed by atoms with Gasteiger partial charge in [0.15, 0.2) is 0 Å². The van der Waals surface area contributed by atoms with Crippen molar-refractivity contribution in [2.24, 2.45) is 0 Å². The van der Waals surface area contributed by atoms with Crippen LogP contribution in [0.25, 0.3) is 0 Å². The molecule has 0 heterocycles. The number of aryl methyl sites for hydroxylation is 1. The Hall–Kier alpha value is -0.540. The average molecular weight is 300 g/mol. The normalized spacial score (nSPS) is 13.1. The van der Waals surface area contributed by atoms with Crippen LogP contribution in [-0.2, 0) is 6.54 Å². The van der Waals surface area contributed by atoms with E-state index in [4.69, 9.17) is 0 Å². The molecule has 1 unspecified atom stereocenters. The van der Waals surface area contributed by atoms with Gasteiger partial charge in [0, 0.05) is 22.6 Å². The first-order valence-corrected chi connectivity index (χ1v) is 7.00. The summed E-state index contributed by atoms with van der Waals surface area (Å²) < 4.78 is 1.03. The fraction of sp³-hybridized carbons (Fsp3) is 0.571. The van der Waals surface area contributed by atoms with Gasteiger partial charge in [0.1, 0.15) is 5.75 Å². The van der Waals surface area contributed by atoms with E-state index in [1.165, 1.54) is 0 Å². The first-order chi connectivity index (χ1) is 7.99. The predicted octanol–water partition coefficient (Wildman–Crippen LogP) is 4.08. The minimum Gasteiger partial charge on any atom is -0.507 e. The molecule has 17 heavy (non-hydrogen) atoms. The van der Waals surface area contributed by atoms with E-state index in [-0.39, 0.29) is 0 Å². The Morgan fingerprint density at radius 2 is 2.00 bits per heavy atom. The van der Waals surface area contributed by atoms with Gasteiger partial charge in [-0.3, -0.25) is 4.90 Å². The summed E-state index contributed by atoms with van der Waals surface area (Å²) in [5.74, 6) is 0.426. The summed E-state index contributed by atoms with van der Waals surface area (Å²) in [5, 5.41) is 10.1. The summed E-state index contributed by atoms with van der Waals surface area (Å²) in [6, 6.07) is 4.49. The van der Waals surface area contributed by atoms with Gasteiger partial charge in [-0.15, -0.1) is 0 Å². The standard InChI is InChI=1S/C14H22BrNO/c1-5-11(4)16(6-2)9-12-8-13(15)7-10(3)14(12)17/h7-8,11,17H,5-6,9H2,1-4H3. The van der Waals surface area contributed by atoms with E-state index >= 15 is 0 Å². The molecule has 0 spiro atoms. The van der Waals surface area contributed by atoms with Crippen molar-refractivity contribution < 1.29 is 5.11 Å². The molecule has 1 rings (SSSR count). The van der Waals surface area contributed by atoms with Crippen LogP contribution in [0.1, 0.15) is 38.3 Å². The highest BCUT2D eigenvalue weighted by atomic mass is 79.9. The zero-order chi connectivity index (χ0) is 13.0. The third-order valence-corrected chi connectivity index (χ3v) is 3.80. The van der Waals surface area contributed by atoms with Crippen LogP contribution in [-0.4, -0.2) is 22.6 Å². The van der Waals surface area contributed by atoms with Crippen molar-refractivity contribution in [1.82, 2.24) is 4.90 Å². The smallest absolute Gasteiger partial charge is 0.123 e. The highest BCUT2D eigenvalue weighted by Crippen LogP contribution is 2.28. The Morgan fingerprint density at radius 3 is 2.53 bits per heavy atom. The van der Waals surface area contributed by atoms with Gasteiger partial charge < -0.3 is 5.11 Å². The topological polar surface area (TPSA) is 23.5 Å². The monoisotopic (exact) mass is 299 g/mol. The first kappa shape index (κ1) is 14.5. The van der Waals surface area contributed by atoms with Crippen LogP contribution < -0.4 is 0 Å². The summed E-state index contributed by atoms with van der Waals surface area (Å²) >= 11 is 3.48. The van der Waals surface area contributed by atoms with E-state index in [0.717, 1.165) is 35.1 Å². The number of aromatic hydroxyl groups is 1. The van der Waals surface area contributed by atoms with Gasteiger partial charge in [0.05, 0.1) is 0 Å². The predicted molar refractivity (Wildman–Crippen MR) is 76.4 cm³/mol. The van der Waals surface area contributed by atoms with Crippen molar-refractivity contribution >= 4 is 15.9 Å². The molecule has 0 amide bonds. The minimum absolute atomic E-state index is 0.426. The average Bonchev–Trinajstić information content (AvgIpc) is 2.30. The number of benzene rings is 1. The van der Waals surface area contributed by atoms with Gasteiger partial charge in [-0.1, -0.05) is 29.8 Å². The van der Waals surface area contributed by atoms with Crippen molar-refractivity contribution in [3.05, 3.63) is 27.7 Å². The van der Waals surface area contributed by atoms with Gasteiger partial charge >= 0.3 is 0 Å². The lowest BCUT2D eigenvalue weighted by molar-refractivity contribution is 0.203. The molecule has 1 atom stereocenters. The van der Waals surface area contributed by atoms with Crippen LogP contribution in [0.2, 0.25) is 0 Å². The maximum Gasteiger partial charge on any atom is 0.123 e. The number of phenols is 1. The molecule has 3 heteroatoms. The lowest BCUT2D eigenvalue weighted by atomic mass is 10.1. The molecule has 2 nitrogen and oxygen atoms in total. The van der Waals surface area contributed by atoms with Crippen LogP contribution in [0.5, 0.6) is 5.75 Å². The third kappa shape index (κ3) is 3.71. The van der Waals surface area contributed by atoms with E-state index in [1.54, 1.807) is 0 Å². The highest BCUT2D eigenvalue weighted by molar-refractivity contribution is 9.10. The number of hydrogen-bond acceptors (Lipinski definition) is 2. The van der Waals surface area contributed by atoms with E-state index in [0.29, 0.717) is 11.8 Å². The lowest BCUT2D eigenvalue weighted by Crippen LogP contribution is -2.31. The fourth-order valence-corrected chi connectivity index (χ4v) is 2.60. The van der Waals surface area contributed by atoms with Gasteiger partial charge in [-0.25, -0.2) is 0 Å². The van der Waals surface area contributed by atoms with Gasteiger partial charge in [0.25, 0.3) is 0 Å². The highest BCUT2D eigenvalue weighted by Gasteiger charge is 2.14. The SMILES string of the molecule is CCC(C)N(CC)Cc1cc(Br)cc(C)c1O. The van der Waals surface area contributed by atoms with Crippen LogP contribution in [0, 0.1) is 6.92 Å². The molecular weight excluding hydrogens is 278 g/mol. The Bertz CT molecular complexity index is 379. The Kier molecular flexibility index (Phi) is 5.47. The van der Waals surface area contributed by atoms with E-state index in [9.17, 15) is 5.11 Å². The van der Waals surface area contributed by atoms with Gasteiger partial charge in [-0.2, -0.15) is 0 Å². The third-order valence-electron chi connectivity index (χ3n) is 3.34. The largest absolute Gasteiger partial charge is 0.507 e. The summed E-state index contributed by atoms with van der Waals surface area (Å²) in [6.07, 6.45) is 1.13. The lowest BCUT2D eigenvalue weighted by Gasteiger charge is -2.27. The molecule has 1 N–H and O–H groups in total. The number of nitrogens with zero attached hydrogens (tertiary/aromatic N) is 1.